The number of hydrogen-bond acceptors (Lipinski definition) is 3. The lowest BCUT2D eigenvalue weighted by Gasteiger charge is -2.44. The number of rotatable bonds is 2. The fourth-order valence-corrected chi connectivity index (χ4v) is 3.23. The first-order valence-corrected chi connectivity index (χ1v) is 7.52. The fraction of sp³-hybridized carbons (Fsp3) is 0.647. The maximum atomic E-state index is 12.5. The van der Waals surface area contributed by atoms with Gasteiger partial charge in [0.05, 0.1) is 23.1 Å². The first kappa shape index (κ1) is 16.0. The molecule has 0 unspecified atom stereocenters. The van der Waals surface area contributed by atoms with E-state index in [4.69, 9.17) is 4.74 Å². The van der Waals surface area contributed by atoms with Crippen molar-refractivity contribution in [2.24, 2.45) is 5.92 Å². The number of pyridine rings is 1. The highest BCUT2D eigenvalue weighted by molar-refractivity contribution is 5.92. The Morgan fingerprint density at radius 2 is 1.81 bits per heavy atom. The molecular weight excluding hydrogens is 264 g/mol. The molecule has 1 saturated heterocycles. The molecule has 116 valence electrons. The number of aromatic nitrogens is 1. The SMILES string of the molecule is Cc1cc(NC(=O)C2CC(C)(C)OC(C)(C)C2)cnc1C. The number of aryl methyl sites for hydroxylation is 2. The molecule has 2 heterocycles. The predicted octanol–water partition coefficient (Wildman–Crippen LogP) is 3.62. The largest absolute Gasteiger partial charge is 0.370 e. The zero-order valence-electron chi connectivity index (χ0n) is 13.9. The summed E-state index contributed by atoms with van der Waals surface area (Å²) in [5.74, 6) is 0.0230. The van der Waals surface area contributed by atoms with Crippen LogP contribution < -0.4 is 5.32 Å². The smallest absolute Gasteiger partial charge is 0.227 e. The number of nitrogens with zero attached hydrogens (tertiary/aromatic N) is 1. The Morgan fingerprint density at radius 3 is 2.33 bits per heavy atom. The van der Waals surface area contributed by atoms with E-state index in [-0.39, 0.29) is 23.0 Å². The van der Waals surface area contributed by atoms with E-state index in [9.17, 15) is 4.79 Å². The van der Waals surface area contributed by atoms with Crippen molar-refractivity contribution in [1.82, 2.24) is 4.98 Å². The summed E-state index contributed by atoms with van der Waals surface area (Å²) in [4.78, 5) is 16.8. The van der Waals surface area contributed by atoms with Crippen molar-refractivity contribution in [1.29, 1.82) is 0 Å². The Bertz CT molecular complexity index is 534. The third kappa shape index (κ3) is 4.03. The van der Waals surface area contributed by atoms with Crippen molar-refractivity contribution in [3.8, 4) is 0 Å². The molecule has 0 bridgehead atoms. The summed E-state index contributed by atoms with van der Waals surface area (Å²) in [5, 5.41) is 3.00. The minimum Gasteiger partial charge on any atom is -0.370 e. The summed E-state index contributed by atoms with van der Waals surface area (Å²) in [6.07, 6.45) is 3.19. The first-order chi connectivity index (χ1) is 9.58. The summed E-state index contributed by atoms with van der Waals surface area (Å²) >= 11 is 0. The number of amides is 1. The van der Waals surface area contributed by atoms with Crippen molar-refractivity contribution in [3.63, 3.8) is 0 Å². The fourth-order valence-electron chi connectivity index (χ4n) is 3.23. The van der Waals surface area contributed by atoms with Gasteiger partial charge in [0, 0.05) is 11.6 Å². The summed E-state index contributed by atoms with van der Waals surface area (Å²) in [6.45, 7) is 12.2. The molecule has 0 atom stereocenters. The summed E-state index contributed by atoms with van der Waals surface area (Å²) in [6, 6.07) is 1.97. The van der Waals surface area contributed by atoms with Crippen LogP contribution >= 0.6 is 0 Å². The van der Waals surface area contributed by atoms with E-state index in [1.807, 2.05) is 47.6 Å². The van der Waals surface area contributed by atoms with Gasteiger partial charge in [0.15, 0.2) is 0 Å². The summed E-state index contributed by atoms with van der Waals surface area (Å²) < 4.78 is 6.03. The lowest BCUT2D eigenvalue weighted by atomic mass is 9.80. The summed E-state index contributed by atoms with van der Waals surface area (Å²) in [5.41, 5.74) is 2.29. The second-order valence-corrected chi connectivity index (χ2v) is 7.34. The van der Waals surface area contributed by atoms with Crippen LogP contribution in [0.1, 0.15) is 51.8 Å². The van der Waals surface area contributed by atoms with Crippen LogP contribution in [0.5, 0.6) is 0 Å². The minimum absolute atomic E-state index is 0.0367. The minimum atomic E-state index is -0.273. The van der Waals surface area contributed by atoms with Gasteiger partial charge in [-0.25, -0.2) is 0 Å². The van der Waals surface area contributed by atoms with Crippen molar-refractivity contribution >= 4 is 11.6 Å². The van der Waals surface area contributed by atoms with Crippen molar-refractivity contribution < 1.29 is 9.53 Å². The molecule has 0 spiro atoms. The highest BCUT2D eigenvalue weighted by Gasteiger charge is 2.41. The van der Waals surface area contributed by atoms with Crippen LogP contribution in [0.3, 0.4) is 0 Å². The van der Waals surface area contributed by atoms with Crippen molar-refractivity contribution in [2.75, 3.05) is 5.32 Å². The summed E-state index contributed by atoms with van der Waals surface area (Å²) in [7, 11) is 0. The molecule has 1 aromatic heterocycles. The second kappa shape index (κ2) is 5.41. The second-order valence-electron chi connectivity index (χ2n) is 7.34. The third-order valence-corrected chi connectivity index (χ3v) is 4.01. The molecular formula is C17H26N2O2. The standard InChI is InChI=1S/C17H26N2O2/c1-11-7-14(10-18-12(11)2)19-15(20)13-8-16(3,4)21-17(5,6)9-13/h7,10,13H,8-9H2,1-6H3,(H,19,20). The van der Waals surface area contributed by atoms with Gasteiger partial charge < -0.3 is 10.1 Å². The van der Waals surface area contributed by atoms with E-state index < -0.39 is 0 Å². The average Bonchev–Trinajstić information content (AvgIpc) is 2.30. The molecule has 0 saturated carbocycles. The normalized spacial score (nSPS) is 21.0. The number of carbonyl (C=O) groups is 1. The van der Waals surface area contributed by atoms with Gasteiger partial charge in [-0.3, -0.25) is 9.78 Å². The van der Waals surface area contributed by atoms with Crippen molar-refractivity contribution in [2.45, 2.75) is 65.6 Å². The molecule has 1 aliphatic heterocycles. The van der Waals surface area contributed by atoms with Crippen molar-refractivity contribution in [3.05, 3.63) is 23.5 Å². The highest BCUT2D eigenvalue weighted by atomic mass is 16.5. The first-order valence-electron chi connectivity index (χ1n) is 7.52. The van der Waals surface area contributed by atoms with Crippen LogP contribution in [0.2, 0.25) is 0 Å². The van der Waals surface area contributed by atoms with Gasteiger partial charge in [-0.2, -0.15) is 0 Å². The quantitative estimate of drug-likeness (QED) is 0.905. The van der Waals surface area contributed by atoms with Crippen LogP contribution in [0.4, 0.5) is 5.69 Å². The van der Waals surface area contributed by atoms with Gasteiger partial charge in [0.2, 0.25) is 5.91 Å². The molecule has 0 aliphatic carbocycles. The van der Waals surface area contributed by atoms with E-state index in [2.05, 4.69) is 10.3 Å². The Labute approximate surface area is 127 Å². The maximum absolute atomic E-state index is 12.5. The molecule has 1 N–H and O–H groups in total. The van der Waals surface area contributed by atoms with E-state index in [0.29, 0.717) is 0 Å². The Kier molecular flexibility index (Phi) is 4.11. The molecule has 4 nitrogen and oxygen atoms in total. The van der Waals surface area contributed by atoms with Crippen LogP contribution in [-0.4, -0.2) is 22.1 Å². The zero-order valence-corrected chi connectivity index (χ0v) is 13.9. The predicted molar refractivity (Wildman–Crippen MR) is 84.3 cm³/mol. The van der Waals surface area contributed by atoms with E-state index >= 15 is 0 Å². The van der Waals surface area contributed by atoms with Crippen LogP contribution in [-0.2, 0) is 9.53 Å². The average molecular weight is 290 g/mol. The lowest BCUT2D eigenvalue weighted by molar-refractivity contribution is -0.176. The molecule has 0 aromatic carbocycles. The molecule has 1 aromatic rings. The van der Waals surface area contributed by atoms with Gasteiger partial charge >= 0.3 is 0 Å². The Hall–Kier alpha value is -1.42. The molecule has 1 amide bonds. The molecule has 0 radical (unpaired) electrons. The number of anilines is 1. The molecule has 1 aliphatic rings. The van der Waals surface area contributed by atoms with Gasteiger partial charge in [-0.15, -0.1) is 0 Å². The number of ether oxygens (including phenoxy) is 1. The molecule has 4 heteroatoms. The topological polar surface area (TPSA) is 51.2 Å². The van der Waals surface area contributed by atoms with Gasteiger partial charge in [0.1, 0.15) is 0 Å². The molecule has 21 heavy (non-hydrogen) atoms. The number of carbonyl (C=O) groups excluding carboxylic acids is 1. The van der Waals surface area contributed by atoms with E-state index in [0.717, 1.165) is 29.8 Å². The van der Waals surface area contributed by atoms with Crippen LogP contribution in [0.15, 0.2) is 12.3 Å². The van der Waals surface area contributed by atoms with E-state index in [1.54, 1.807) is 6.20 Å². The maximum Gasteiger partial charge on any atom is 0.227 e. The number of nitrogens with one attached hydrogen (secondary N) is 1. The Balaban J connectivity index is 2.10. The molecule has 1 fully saturated rings. The zero-order chi connectivity index (χ0) is 15.8. The third-order valence-electron chi connectivity index (χ3n) is 4.01. The number of hydrogen-bond donors (Lipinski definition) is 1. The lowest BCUT2D eigenvalue weighted by Crippen LogP contribution is -2.48. The monoisotopic (exact) mass is 290 g/mol. The van der Waals surface area contributed by atoms with Crippen LogP contribution in [0, 0.1) is 19.8 Å². The van der Waals surface area contributed by atoms with Crippen LogP contribution in [0.25, 0.3) is 0 Å². The van der Waals surface area contributed by atoms with E-state index in [1.165, 1.54) is 0 Å². The van der Waals surface area contributed by atoms with Gasteiger partial charge in [0.25, 0.3) is 0 Å². The van der Waals surface area contributed by atoms with Gasteiger partial charge in [-0.1, -0.05) is 0 Å². The van der Waals surface area contributed by atoms with Gasteiger partial charge in [-0.05, 0) is 66.0 Å². The Morgan fingerprint density at radius 1 is 1.24 bits per heavy atom. The highest BCUT2D eigenvalue weighted by Crippen LogP contribution is 2.38. The molecule has 2 rings (SSSR count).